The van der Waals surface area contributed by atoms with E-state index in [2.05, 4.69) is 39.6 Å². The lowest BCUT2D eigenvalue weighted by Crippen LogP contribution is -2.39. The van der Waals surface area contributed by atoms with Crippen molar-refractivity contribution in [3.05, 3.63) is 89.2 Å². The first kappa shape index (κ1) is 23.1. The van der Waals surface area contributed by atoms with Gasteiger partial charge in [0.25, 0.3) is 0 Å². The molecule has 0 spiro atoms. The number of pyridine rings is 1. The van der Waals surface area contributed by atoms with Gasteiger partial charge in [-0.15, -0.1) is 9.36 Å². The Kier molecular flexibility index (Phi) is 6.51. The number of hydrogen-bond donors (Lipinski definition) is 0. The van der Waals surface area contributed by atoms with Crippen molar-refractivity contribution in [2.24, 2.45) is 7.05 Å². The topological polar surface area (TPSA) is 60.5 Å². The number of carbonyl (C=O) groups is 1. The quantitative estimate of drug-likeness (QED) is 0.305. The maximum absolute atomic E-state index is 12.9. The van der Waals surface area contributed by atoms with Gasteiger partial charge in [-0.1, -0.05) is 42.5 Å². The van der Waals surface area contributed by atoms with Crippen LogP contribution in [-0.2, 0) is 36.1 Å². The second kappa shape index (κ2) is 9.88. The molecule has 0 saturated heterocycles. The van der Waals surface area contributed by atoms with Crippen molar-refractivity contribution in [3.63, 3.8) is 0 Å². The highest BCUT2D eigenvalue weighted by atomic mass is 16.5. The van der Waals surface area contributed by atoms with Gasteiger partial charge in [-0.25, -0.2) is 9.78 Å². The van der Waals surface area contributed by atoms with Gasteiger partial charge in [0.15, 0.2) is 7.05 Å². The van der Waals surface area contributed by atoms with Gasteiger partial charge in [-0.3, -0.25) is 4.90 Å². The summed E-state index contributed by atoms with van der Waals surface area (Å²) in [7, 11) is 3.73. The first-order valence-electron chi connectivity index (χ1n) is 12.0. The number of benzene rings is 2. The van der Waals surface area contributed by atoms with Crippen LogP contribution in [0.4, 0.5) is 0 Å². The predicted molar refractivity (Wildman–Crippen MR) is 133 cm³/mol. The molecule has 2 aromatic heterocycles. The van der Waals surface area contributed by atoms with E-state index >= 15 is 0 Å². The van der Waals surface area contributed by atoms with E-state index in [1.807, 2.05) is 55.6 Å². The summed E-state index contributed by atoms with van der Waals surface area (Å²) in [6, 6.07) is 17.6. The molecule has 0 radical (unpaired) electrons. The normalized spacial score (nSPS) is 14.5. The minimum absolute atomic E-state index is 0.201. The number of aryl methyl sites for hydroxylation is 1. The number of aromatic nitrogens is 3. The van der Waals surface area contributed by atoms with Crippen LogP contribution in [0.15, 0.2) is 67.0 Å². The molecule has 2 aromatic carbocycles. The summed E-state index contributed by atoms with van der Waals surface area (Å²) in [5.41, 5.74) is 5.59. The lowest BCUT2D eigenvalue weighted by atomic mass is 9.96. The van der Waals surface area contributed by atoms with Gasteiger partial charge in [0.2, 0.25) is 11.8 Å². The molecule has 0 aliphatic carbocycles. The van der Waals surface area contributed by atoms with Crippen molar-refractivity contribution < 1.29 is 19.0 Å². The molecule has 4 aromatic rings. The van der Waals surface area contributed by atoms with Crippen LogP contribution in [0.3, 0.4) is 0 Å². The van der Waals surface area contributed by atoms with Crippen molar-refractivity contribution >= 4 is 17.0 Å². The fraction of sp³-hybridized carbons (Fsp3) is 0.321. The molecule has 7 heteroatoms. The van der Waals surface area contributed by atoms with Crippen LogP contribution in [0.25, 0.3) is 11.0 Å². The van der Waals surface area contributed by atoms with Gasteiger partial charge < -0.3 is 9.47 Å². The highest BCUT2D eigenvalue weighted by Crippen LogP contribution is 2.31. The van der Waals surface area contributed by atoms with Gasteiger partial charge in [0.05, 0.1) is 19.1 Å². The second-order valence-corrected chi connectivity index (χ2v) is 8.89. The van der Waals surface area contributed by atoms with Crippen LogP contribution in [-0.4, -0.2) is 40.8 Å². The molecule has 0 saturated carbocycles. The van der Waals surface area contributed by atoms with Crippen molar-refractivity contribution in [3.8, 4) is 5.75 Å². The lowest BCUT2D eigenvalue weighted by molar-refractivity contribution is -0.750. The Morgan fingerprint density at radius 1 is 1.14 bits per heavy atom. The Labute approximate surface area is 205 Å². The summed E-state index contributed by atoms with van der Waals surface area (Å²) in [5.74, 6) is 0.650. The summed E-state index contributed by atoms with van der Waals surface area (Å²) < 4.78 is 15.0. The molecular formula is C28H31N4O3+. The van der Waals surface area contributed by atoms with Gasteiger partial charge in [0, 0.05) is 19.3 Å². The zero-order valence-corrected chi connectivity index (χ0v) is 20.5. The van der Waals surface area contributed by atoms with E-state index < -0.39 is 6.04 Å². The number of ether oxygens (including phenoxy) is 2. The number of carbonyl (C=O) groups excluding carboxylic acids is 1. The number of fused-ring (bicyclic) bond motifs is 3. The van der Waals surface area contributed by atoms with Crippen molar-refractivity contribution in [1.82, 2.24) is 14.6 Å². The maximum atomic E-state index is 12.9. The number of nitrogens with zero attached hydrogens (tertiary/aromatic N) is 4. The van der Waals surface area contributed by atoms with Crippen LogP contribution >= 0.6 is 0 Å². The zero-order chi connectivity index (χ0) is 24.4. The number of rotatable bonds is 7. The van der Waals surface area contributed by atoms with Crippen LogP contribution in [0.2, 0.25) is 0 Å². The van der Waals surface area contributed by atoms with E-state index in [0.29, 0.717) is 13.2 Å². The van der Waals surface area contributed by atoms with Crippen molar-refractivity contribution in [2.75, 3.05) is 20.3 Å². The molecule has 0 bridgehead atoms. The molecule has 0 fully saturated rings. The summed E-state index contributed by atoms with van der Waals surface area (Å²) in [6.07, 6.45) is 4.99. The summed E-state index contributed by atoms with van der Waals surface area (Å²) in [5, 5.41) is 1.17. The van der Waals surface area contributed by atoms with Crippen molar-refractivity contribution in [2.45, 2.75) is 32.5 Å². The molecule has 180 valence electrons. The SMILES string of the molecule is CCOC(=O)C(c1ccccc1)N1CCc2c(cnc3c2c[n+](C)n3Cc2ccc(OC)cc2)C1. The molecule has 1 aliphatic rings. The van der Waals surface area contributed by atoms with E-state index in [1.54, 1.807) is 7.11 Å². The zero-order valence-electron chi connectivity index (χ0n) is 20.5. The van der Waals surface area contributed by atoms with Crippen LogP contribution < -0.4 is 9.42 Å². The molecule has 3 heterocycles. The van der Waals surface area contributed by atoms with Gasteiger partial charge in [-0.05, 0) is 47.7 Å². The maximum Gasteiger partial charge on any atom is 0.328 e. The summed E-state index contributed by atoms with van der Waals surface area (Å²) in [4.78, 5) is 20.0. The molecule has 1 atom stereocenters. The average Bonchev–Trinajstić information content (AvgIpc) is 3.20. The van der Waals surface area contributed by atoms with Crippen LogP contribution in [0.1, 0.15) is 35.2 Å². The predicted octanol–water partition coefficient (Wildman–Crippen LogP) is 3.58. The van der Waals surface area contributed by atoms with E-state index in [-0.39, 0.29) is 5.97 Å². The Bertz CT molecular complexity index is 1330. The Morgan fingerprint density at radius 3 is 2.63 bits per heavy atom. The molecular weight excluding hydrogens is 440 g/mol. The van der Waals surface area contributed by atoms with E-state index in [0.717, 1.165) is 42.0 Å². The highest BCUT2D eigenvalue weighted by Gasteiger charge is 2.33. The first-order valence-corrected chi connectivity index (χ1v) is 12.0. The van der Waals surface area contributed by atoms with Gasteiger partial charge >= 0.3 is 5.97 Å². The second-order valence-electron chi connectivity index (χ2n) is 8.89. The molecule has 5 rings (SSSR count). The molecule has 0 N–H and O–H groups in total. The number of methoxy groups -OCH3 is 1. The number of esters is 1. The summed E-state index contributed by atoms with van der Waals surface area (Å²) >= 11 is 0. The third kappa shape index (κ3) is 4.51. The van der Waals surface area contributed by atoms with Crippen LogP contribution in [0, 0.1) is 0 Å². The minimum Gasteiger partial charge on any atom is -0.497 e. The van der Waals surface area contributed by atoms with Gasteiger partial charge in [-0.2, -0.15) is 0 Å². The third-order valence-corrected chi connectivity index (χ3v) is 6.74. The molecule has 1 aliphatic heterocycles. The Balaban J connectivity index is 1.45. The molecule has 0 amide bonds. The molecule has 7 nitrogen and oxygen atoms in total. The largest absolute Gasteiger partial charge is 0.497 e. The highest BCUT2D eigenvalue weighted by molar-refractivity contribution is 5.80. The average molecular weight is 472 g/mol. The Morgan fingerprint density at radius 2 is 1.91 bits per heavy atom. The fourth-order valence-corrected chi connectivity index (χ4v) is 4.99. The fourth-order valence-electron chi connectivity index (χ4n) is 4.99. The molecule has 1 unspecified atom stereocenters. The van der Waals surface area contributed by atoms with Crippen molar-refractivity contribution in [1.29, 1.82) is 0 Å². The smallest absolute Gasteiger partial charge is 0.328 e. The monoisotopic (exact) mass is 471 g/mol. The Hall–Kier alpha value is -3.71. The summed E-state index contributed by atoms with van der Waals surface area (Å²) in [6.45, 7) is 4.37. The van der Waals surface area contributed by atoms with E-state index in [9.17, 15) is 4.79 Å². The van der Waals surface area contributed by atoms with Gasteiger partial charge in [0.1, 0.15) is 18.3 Å². The number of hydrogen-bond acceptors (Lipinski definition) is 5. The van der Waals surface area contributed by atoms with E-state index in [1.165, 1.54) is 16.5 Å². The minimum atomic E-state index is -0.421. The molecule has 35 heavy (non-hydrogen) atoms. The lowest BCUT2D eigenvalue weighted by Gasteiger charge is -2.34. The standard InChI is InChI=1S/C28H31N4O3/c1-4-35-28(33)26(21-8-6-5-7-9-21)31-15-14-24-22(18-31)16-29-27-25(24)19-30(2)32(27)17-20-10-12-23(34-3)13-11-20/h5-13,16,19,26H,4,14-15,17-18H2,1-3H3/q+1. The third-order valence-electron chi connectivity index (χ3n) is 6.74. The van der Waals surface area contributed by atoms with E-state index in [4.69, 9.17) is 14.5 Å². The first-order chi connectivity index (χ1) is 17.1. The van der Waals surface area contributed by atoms with Crippen LogP contribution in [0.5, 0.6) is 5.75 Å².